The van der Waals surface area contributed by atoms with E-state index in [1.165, 1.54) is 12.1 Å². The predicted octanol–water partition coefficient (Wildman–Crippen LogP) is -0.852. The molecule has 0 saturated heterocycles. The molecule has 0 aromatic heterocycles. The van der Waals surface area contributed by atoms with Crippen molar-refractivity contribution >= 4 is 21.9 Å². The standard InChI is InChI=1S/C7H5NO3S.C2H5NO2/c9-7-5-3-1-2-4-6(5)12(10,11)8-7;3-1-2(4)5/h1-4H,(H,8,9);1,3H2,(H,4,5). The number of carbonyl (C=O) groups is 2. The molecule has 0 aliphatic carbocycles. The van der Waals surface area contributed by atoms with Crippen LogP contribution >= 0.6 is 0 Å². The van der Waals surface area contributed by atoms with Crippen LogP contribution in [0.2, 0.25) is 0 Å². The molecule has 1 aliphatic rings. The van der Waals surface area contributed by atoms with Crippen molar-refractivity contribution in [3.05, 3.63) is 29.8 Å². The van der Waals surface area contributed by atoms with Gasteiger partial charge < -0.3 is 10.8 Å². The number of carbonyl (C=O) groups excluding carboxylic acids is 1. The van der Waals surface area contributed by atoms with Crippen LogP contribution in [-0.2, 0) is 14.8 Å². The van der Waals surface area contributed by atoms with Gasteiger partial charge in [0.15, 0.2) is 0 Å². The monoisotopic (exact) mass is 258 g/mol. The number of carboxylic acid groups (broad SMARTS) is 1. The average Bonchev–Trinajstić information content (AvgIpc) is 2.51. The van der Waals surface area contributed by atoms with Gasteiger partial charge in [0.1, 0.15) is 4.90 Å². The van der Waals surface area contributed by atoms with Gasteiger partial charge in [0.25, 0.3) is 15.9 Å². The molecule has 0 bridgehead atoms. The van der Waals surface area contributed by atoms with Crippen LogP contribution < -0.4 is 10.5 Å². The first-order valence-corrected chi connectivity index (χ1v) is 5.95. The fourth-order valence-electron chi connectivity index (χ4n) is 1.12. The number of fused-ring (bicyclic) bond motifs is 1. The maximum atomic E-state index is 11.1. The van der Waals surface area contributed by atoms with Crippen molar-refractivity contribution in [2.45, 2.75) is 4.90 Å². The average molecular weight is 258 g/mol. The van der Waals surface area contributed by atoms with Crippen molar-refractivity contribution in [3.63, 3.8) is 0 Å². The van der Waals surface area contributed by atoms with E-state index in [1.807, 2.05) is 4.72 Å². The molecule has 4 N–H and O–H groups in total. The minimum atomic E-state index is -3.55. The number of hydrogen-bond donors (Lipinski definition) is 3. The second-order valence-electron chi connectivity index (χ2n) is 3.03. The largest absolute Gasteiger partial charge is 0.480 e. The number of hydrogen-bond acceptors (Lipinski definition) is 5. The maximum absolute atomic E-state index is 11.1. The van der Waals surface area contributed by atoms with E-state index < -0.39 is 21.9 Å². The van der Waals surface area contributed by atoms with Crippen LogP contribution in [0.1, 0.15) is 10.4 Å². The summed E-state index contributed by atoms with van der Waals surface area (Å²) in [5.74, 6) is -1.52. The minimum absolute atomic E-state index is 0.0648. The highest BCUT2D eigenvalue weighted by atomic mass is 32.2. The normalized spacial score (nSPS) is 15.2. The summed E-state index contributed by atoms with van der Waals surface area (Å²) < 4.78 is 24.2. The van der Waals surface area contributed by atoms with Gasteiger partial charge in [0.2, 0.25) is 0 Å². The molecule has 1 aromatic rings. The van der Waals surface area contributed by atoms with E-state index in [2.05, 4.69) is 5.73 Å². The Bertz CT molecular complexity index is 552. The summed E-state index contributed by atoms with van der Waals surface area (Å²) in [5.41, 5.74) is 4.79. The van der Waals surface area contributed by atoms with Crippen LogP contribution in [0.3, 0.4) is 0 Å². The number of aliphatic carboxylic acids is 1. The SMILES string of the molecule is NCC(=O)O.O=C1NS(=O)(=O)c2ccccc21. The van der Waals surface area contributed by atoms with Crippen molar-refractivity contribution in [1.82, 2.24) is 4.72 Å². The van der Waals surface area contributed by atoms with Crippen LogP contribution in [0.5, 0.6) is 0 Å². The van der Waals surface area contributed by atoms with Gasteiger partial charge >= 0.3 is 5.97 Å². The fraction of sp³-hybridized carbons (Fsp3) is 0.111. The maximum Gasteiger partial charge on any atom is 0.317 e. The molecule has 2 rings (SSSR count). The van der Waals surface area contributed by atoms with Crippen LogP contribution in [0.4, 0.5) is 0 Å². The third-order valence-electron chi connectivity index (χ3n) is 1.82. The molecule has 0 unspecified atom stereocenters. The highest BCUT2D eigenvalue weighted by Crippen LogP contribution is 2.20. The molecule has 1 amide bonds. The van der Waals surface area contributed by atoms with Gasteiger partial charge in [-0.3, -0.25) is 9.59 Å². The van der Waals surface area contributed by atoms with Crippen LogP contribution in [0.15, 0.2) is 29.2 Å². The number of carboxylic acids is 1. The molecule has 0 atom stereocenters. The predicted molar refractivity (Wildman–Crippen MR) is 57.8 cm³/mol. The molecule has 1 aromatic carbocycles. The summed E-state index contributed by atoms with van der Waals surface area (Å²) in [6.45, 7) is -0.278. The summed E-state index contributed by atoms with van der Waals surface area (Å²) in [5, 5.41) is 7.60. The molecule has 0 spiro atoms. The first-order chi connectivity index (χ1) is 7.88. The van der Waals surface area contributed by atoms with Crippen LogP contribution in [-0.4, -0.2) is 31.9 Å². The van der Waals surface area contributed by atoms with E-state index in [9.17, 15) is 18.0 Å². The van der Waals surface area contributed by atoms with Gasteiger partial charge in [-0.1, -0.05) is 12.1 Å². The van der Waals surface area contributed by atoms with Gasteiger partial charge in [-0.2, -0.15) is 0 Å². The Morgan fingerprint density at radius 1 is 1.35 bits per heavy atom. The molecular formula is C9H10N2O5S. The van der Waals surface area contributed by atoms with Crippen LogP contribution in [0.25, 0.3) is 0 Å². The van der Waals surface area contributed by atoms with E-state index in [0.29, 0.717) is 0 Å². The van der Waals surface area contributed by atoms with Crippen molar-refractivity contribution in [2.75, 3.05) is 6.54 Å². The Kier molecular flexibility index (Phi) is 3.81. The third kappa shape index (κ3) is 3.02. The minimum Gasteiger partial charge on any atom is -0.480 e. The molecule has 0 radical (unpaired) electrons. The quantitative estimate of drug-likeness (QED) is 0.602. The summed E-state index contributed by atoms with van der Waals surface area (Å²) >= 11 is 0. The summed E-state index contributed by atoms with van der Waals surface area (Å²) in [6, 6.07) is 6.09. The zero-order chi connectivity index (χ0) is 13.1. The lowest BCUT2D eigenvalue weighted by atomic mass is 10.2. The van der Waals surface area contributed by atoms with E-state index in [1.54, 1.807) is 12.1 Å². The first-order valence-electron chi connectivity index (χ1n) is 4.46. The smallest absolute Gasteiger partial charge is 0.317 e. The lowest BCUT2D eigenvalue weighted by Crippen LogP contribution is -2.20. The molecule has 0 saturated carbocycles. The summed E-state index contributed by atoms with van der Waals surface area (Å²) in [7, 11) is -3.55. The molecule has 17 heavy (non-hydrogen) atoms. The molecule has 92 valence electrons. The molecule has 7 nitrogen and oxygen atoms in total. The number of sulfonamides is 1. The van der Waals surface area contributed by atoms with Gasteiger partial charge in [0.05, 0.1) is 12.1 Å². The lowest BCUT2D eigenvalue weighted by molar-refractivity contribution is -0.135. The highest BCUT2D eigenvalue weighted by molar-refractivity contribution is 7.90. The molecule has 1 aliphatic heterocycles. The van der Waals surface area contributed by atoms with Gasteiger partial charge in [-0.15, -0.1) is 0 Å². The first kappa shape index (κ1) is 13.1. The van der Waals surface area contributed by atoms with E-state index in [4.69, 9.17) is 5.11 Å². The Balaban J connectivity index is 0.000000249. The van der Waals surface area contributed by atoms with E-state index in [0.717, 1.165) is 0 Å². The van der Waals surface area contributed by atoms with Crippen LogP contribution in [0, 0.1) is 0 Å². The number of amides is 1. The second kappa shape index (κ2) is 4.93. The molecule has 0 fully saturated rings. The number of nitrogens with one attached hydrogen (secondary N) is 1. The van der Waals surface area contributed by atoms with E-state index >= 15 is 0 Å². The van der Waals surface area contributed by atoms with Crippen molar-refractivity contribution in [1.29, 1.82) is 0 Å². The Labute approximate surface area is 97.3 Å². The van der Waals surface area contributed by atoms with Crippen molar-refractivity contribution < 1.29 is 23.1 Å². The zero-order valence-electron chi connectivity index (χ0n) is 8.58. The summed E-state index contributed by atoms with van der Waals surface area (Å²) in [6.07, 6.45) is 0. The Morgan fingerprint density at radius 2 is 1.88 bits per heavy atom. The zero-order valence-corrected chi connectivity index (χ0v) is 9.40. The fourth-order valence-corrected chi connectivity index (χ4v) is 2.29. The highest BCUT2D eigenvalue weighted by Gasteiger charge is 2.31. The Hall–Kier alpha value is -1.93. The molecule has 1 heterocycles. The lowest BCUT2D eigenvalue weighted by Gasteiger charge is -1.91. The van der Waals surface area contributed by atoms with Crippen molar-refractivity contribution in [3.8, 4) is 0 Å². The second-order valence-corrected chi connectivity index (χ2v) is 4.68. The third-order valence-corrected chi connectivity index (χ3v) is 3.21. The number of nitrogens with two attached hydrogens (primary N) is 1. The van der Waals surface area contributed by atoms with Gasteiger partial charge in [0, 0.05) is 0 Å². The summed E-state index contributed by atoms with van der Waals surface area (Å²) in [4.78, 5) is 20.3. The topological polar surface area (TPSA) is 127 Å². The molecule has 8 heteroatoms. The van der Waals surface area contributed by atoms with Gasteiger partial charge in [-0.25, -0.2) is 13.1 Å². The Morgan fingerprint density at radius 3 is 2.35 bits per heavy atom. The molecular weight excluding hydrogens is 248 g/mol. The number of benzene rings is 1. The van der Waals surface area contributed by atoms with Gasteiger partial charge in [-0.05, 0) is 12.1 Å². The van der Waals surface area contributed by atoms with Crippen molar-refractivity contribution in [2.24, 2.45) is 5.73 Å². The van der Waals surface area contributed by atoms with E-state index in [-0.39, 0.29) is 17.0 Å². The number of rotatable bonds is 1.